The van der Waals surface area contributed by atoms with Crippen molar-refractivity contribution in [1.82, 2.24) is 0 Å². The van der Waals surface area contributed by atoms with Crippen molar-refractivity contribution in [3.05, 3.63) is 24.3 Å². The molecule has 0 saturated heterocycles. The van der Waals surface area contributed by atoms with E-state index in [0.717, 1.165) is 0 Å². The first-order valence-electron chi connectivity index (χ1n) is 4.48. The fraction of sp³-hybridized carbons (Fsp3) is 0.455. The molecule has 84 valence electrons. The topological polar surface area (TPSA) is 74.6 Å². The summed E-state index contributed by atoms with van der Waals surface area (Å²) in [5.41, 5.74) is -0.764. The molecule has 2 N–H and O–H groups in total. The minimum Gasteiger partial charge on any atom is -0.480 e. The summed E-state index contributed by atoms with van der Waals surface area (Å²) < 4.78 is 0. The first kappa shape index (κ1) is 13.4. The maximum absolute atomic E-state index is 11.1. The molecule has 0 saturated carbocycles. The van der Waals surface area contributed by atoms with Gasteiger partial charge in [-0.25, -0.2) is 0 Å². The van der Waals surface area contributed by atoms with Gasteiger partial charge in [-0.1, -0.05) is 11.1 Å². The van der Waals surface area contributed by atoms with E-state index in [4.69, 9.17) is 10.2 Å². The van der Waals surface area contributed by atoms with Gasteiger partial charge in [0, 0.05) is 0 Å². The number of carboxylic acid groups (broad SMARTS) is 2. The van der Waals surface area contributed by atoms with Crippen LogP contribution in [0.4, 0.5) is 0 Å². The van der Waals surface area contributed by atoms with Crippen molar-refractivity contribution >= 4 is 11.9 Å². The Hall–Kier alpha value is -1.58. The van der Waals surface area contributed by atoms with Gasteiger partial charge in [0.25, 0.3) is 0 Å². The molecule has 0 aromatic carbocycles. The predicted molar refractivity (Wildman–Crippen MR) is 56.6 cm³/mol. The minimum atomic E-state index is -1.82. The first-order valence-corrected chi connectivity index (χ1v) is 4.48. The normalized spacial score (nSPS) is 10.8. The quantitative estimate of drug-likeness (QED) is 0.522. The number of carbonyl (C=O) groups is 2. The van der Waals surface area contributed by atoms with E-state index in [1.165, 1.54) is 0 Å². The maximum atomic E-state index is 11.1. The summed E-state index contributed by atoms with van der Waals surface area (Å²) in [6.07, 6.45) is -0.158. The fourth-order valence-corrected chi connectivity index (χ4v) is 1.49. The van der Waals surface area contributed by atoms with Crippen LogP contribution in [0.3, 0.4) is 0 Å². The average Bonchev–Trinajstić information content (AvgIpc) is 1.99. The van der Waals surface area contributed by atoms with E-state index < -0.39 is 17.4 Å². The third kappa shape index (κ3) is 3.23. The molecule has 4 heteroatoms. The summed E-state index contributed by atoms with van der Waals surface area (Å²) in [6.45, 7) is 10.3. The van der Waals surface area contributed by atoms with Crippen LogP contribution in [0.25, 0.3) is 0 Å². The lowest BCUT2D eigenvalue weighted by Gasteiger charge is -2.25. The molecule has 0 aliphatic rings. The molecule has 0 radical (unpaired) electrons. The number of aliphatic carboxylic acids is 2. The van der Waals surface area contributed by atoms with Gasteiger partial charge in [-0.3, -0.25) is 9.59 Å². The van der Waals surface area contributed by atoms with Crippen LogP contribution in [-0.2, 0) is 9.59 Å². The number of hydrogen-bond donors (Lipinski definition) is 2. The Morgan fingerprint density at radius 2 is 1.27 bits per heavy atom. The summed E-state index contributed by atoms with van der Waals surface area (Å²) in [5.74, 6) is -2.69. The van der Waals surface area contributed by atoms with Crippen molar-refractivity contribution in [2.24, 2.45) is 5.41 Å². The van der Waals surface area contributed by atoms with E-state index in [1.807, 2.05) is 0 Å². The Balaban J connectivity index is 5.26. The molecule has 0 spiro atoms. The lowest BCUT2D eigenvalue weighted by molar-refractivity contribution is -0.164. The van der Waals surface area contributed by atoms with E-state index in [2.05, 4.69) is 13.2 Å². The van der Waals surface area contributed by atoms with Crippen LogP contribution >= 0.6 is 0 Å². The molecule has 0 heterocycles. The second-order valence-electron chi connectivity index (χ2n) is 3.96. The van der Waals surface area contributed by atoms with Gasteiger partial charge in [0.1, 0.15) is 0 Å². The molecule has 0 rings (SSSR count). The van der Waals surface area contributed by atoms with Gasteiger partial charge < -0.3 is 10.2 Å². The third-order valence-corrected chi connectivity index (χ3v) is 2.03. The highest BCUT2D eigenvalue weighted by Gasteiger charge is 2.46. The number of rotatable bonds is 6. The van der Waals surface area contributed by atoms with Crippen LogP contribution in [0.2, 0.25) is 0 Å². The van der Waals surface area contributed by atoms with Crippen LogP contribution < -0.4 is 0 Å². The monoisotopic (exact) mass is 212 g/mol. The molecule has 0 bridgehead atoms. The highest BCUT2D eigenvalue weighted by atomic mass is 16.4. The van der Waals surface area contributed by atoms with Crippen LogP contribution in [0.1, 0.15) is 26.7 Å². The Labute approximate surface area is 88.9 Å². The van der Waals surface area contributed by atoms with Gasteiger partial charge in [0.15, 0.2) is 5.41 Å². The SMILES string of the molecule is C=C(C)CC(CC(=C)C)(C(=O)O)C(=O)O. The second-order valence-corrected chi connectivity index (χ2v) is 3.96. The molecule has 0 amide bonds. The zero-order valence-electron chi connectivity index (χ0n) is 9.04. The predicted octanol–water partition coefficient (Wildman–Crippen LogP) is 2.07. The molecule has 0 aliphatic heterocycles. The lowest BCUT2D eigenvalue weighted by atomic mass is 9.77. The Bertz CT molecular complexity index is 283. The fourth-order valence-electron chi connectivity index (χ4n) is 1.49. The number of carboxylic acids is 2. The third-order valence-electron chi connectivity index (χ3n) is 2.03. The van der Waals surface area contributed by atoms with Gasteiger partial charge in [-0.05, 0) is 26.7 Å². The standard InChI is InChI=1S/C11H16O4/c1-7(2)5-11(9(12)13,10(14)15)6-8(3)4/h1,3,5-6H2,2,4H3,(H,12,13)(H,14,15). The molecule has 15 heavy (non-hydrogen) atoms. The summed E-state index contributed by atoms with van der Waals surface area (Å²) in [6, 6.07) is 0. The molecule has 0 fully saturated rings. The Kier molecular flexibility index (Phi) is 4.27. The zero-order valence-corrected chi connectivity index (χ0v) is 9.04. The highest BCUT2D eigenvalue weighted by Crippen LogP contribution is 2.33. The molecule has 0 aromatic heterocycles. The van der Waals surface area contributed by atoms with Crippen molar-refractivity contribution in [3.8, 4) is 0 Å². The Morgan fingerprint density at radius 1 is 1.00 bits per heavy atom. The maximum Gasteiger partial charge on any atom is 0.321 e. The summed E-state index contributed by atoms with van der Waals surface area (Å²) in [5, 5.41) is 18.1. The van der Waals surface area contributed by atoms with E-state index in [9.17, 15) is 9.59 Å². The molecule has 0 unspecified atom stereocenters. The van der Waals surface area contributed by atoms with Gasteiger partial charge in [-0.15, -0.1) is 13.2 Å². The van der Waals surface area contributed by atoms with Gasteiger partial charge in [0.2, 0.25) is 0 Å². The van der Waals surface area contributed by atoms with E-state index in [1.54, 1.807) is 13.8 Å². The molecular formula is C11H16O4. The van der Waals surface area contributed by atoms with Crippen LogP contribution in [0.15, 0.2) is 24.3 Å². The smallest absolute Gasteiger partial charge is 0.321 e. The van der Waals surface area contributed by atoms with Crippen LogP contribution in [0, 0.1) is 5.41 Å². The highest BCUT2D eigenvalue weighted by molar-refractivity contribution is 5.98. The second kappa shape index (κ2) is 4.77. The summed E-state index contributed by atoms with van der Waals surface area (Å²) >= 11 is 0. The molecule has 0 aromatic rings. The van der Waals surface area contributed by atoms with Crippen molar-refractivity contribution in [2.45, 2.75) is 26.7 Å². The van der Waals surface area contributed by atoms with Crippen molar-refractivity contribution in [3.63, 3.8) is 0 Å². The van der Waals surface area contributed by atoms with Gasteiger partial charge in [0.05, 0.1) is 0 Å². The average molecular weight is 212 g/mol. The molecule has 0 atom stereocenters. The van der Waals surface area contributed by atoms with E-state index in [0.29, 0.717) is 11.1 Å². The minimum absolute atomic E-state index is 0.0788. The van der Waals surface area contributed by atoms with Gasteiger partial charge >= 0.3 is 11.9 Å². The van der Waals surface area contributed by atoms with Gasteiger partial charge in [-0.2, -0.15) is 0 Å². The molecule has 4 nitrogen and oxygen atoms in total. The van der Waals surface area contributed by atoms with Crippen molar-refractivity contribution in [2.75, 3.05) is 0 Å². The van der Waals surface area contributed by atoms with Crippen molar-refractivity contribution < 1.29 is 19.8 Å². The van der Waals surface area contributed by atoms with E-state index in [-0.39, 0.29) is 12.8 Å². The zero-order chi connectivity index (χ0) is 12.2. The van der Waals surface area contributed by atoms with E-state index >= 15 is 0 Å². The van der Waals surface area contributed by atoms with Crippen LogP contribution in [0.5, 0.6) is 0 Å². The first-order chi connectivity index (χ1) is 6.72. The van der Waals surface area contributed by atoms with Crippen LogP contribution in [-0.4, -0.2) is 22.2 Å². The largest absolute Gasteiger partial charge is 0.480 e. The molecular weight excluding hydrogens is 196 g/mol. The molecule has 0 aliphatic carbocycles. The number of allylic oxidation sites excluding steroid dienone is 2. The van der Waals surface area contributed by atoms with Crippen molar-refractivity contribution in [1.29, 1.82) is 0 Å². The summed E-state index contributed by atoms with van der Waals surface area (Å²) in [4.78, 5) is 22.1. The lowest BCUT2D eigenvalue weighted by Crippen LogP contribution is -2.39. The number of hydrogen-bond acceptors (Lipinski definition) is 2. The Morgan fingerprint density at radius 3 is 1.40 bits per heavy atom. The summed E-state index contributed by atoms with van der Waals surface area (Å²) in [7, 11) is 0.